The number of hydrogen-bond donors (Lipinski definition) is 1. The summed E-state index contributed by atoms with van der Waals surface area (Å²) in [4.78, 5) is 26.1. The van der Waals surface area contributed by atoms with Crippen molar-refractivity contribution in [2.75, 3.05) is 19.6 Å². The van der Waals surface area contributed by atoms with Crippen LogP contribution >= 0.6 is 0 Å². The third-order valence-corrected chi connectivity index (χ3v) is 4.25. The van der Waals surface area contributed by atoms with Crippen LogP contribution in [0.1, 0.15) is 42.2 Å². The fraction of sp³-hybridized carbons (Fsp3) is 0.389. The highest BCUT2D eigenvalue weighted by molar-refractivity contribution is 5.96. The molecule has 0 unspecified atom stereocenters. The zero-order valence-electron chi connectivity index (χ0n) is 14.3. The number of carbonyl (C=O) groups is 2. The molecule has 0 bridgehead atoms. The first-order valence-electron chi connectivity index (χ1n) is 8.37. The van der Waals surface area contributed by atoms with E-state index in [0.717, 1.165) is 5.69 Å². The van der Waals surface area contributed by atoms with E-state index in [2.05, 4.69) is 10.4 Å². The summed E-state index contributed by atoms with van der Waals surface area (Å²) < 4.78 is 14.9. The highest BCUT2D eigenvalue weighted by Gasteiger charge is 2.26. The topological polar surface area (TPSA) is 67.2 Å². The highest BCUT2D eigenvalue weighted by atomic mass is 19.1. The van der Waals surface area contributed by atoms with Crippen LogP contribution in [0.4, 0.5) is 4.39 Å². The van der Waals surface area contributed by atoms with Gasteiger partial charge in [-0.3, -0.25) is 9.59 Å². The van der Waals surface area contributed by atoms with Gasteiger partial charge >= 0.3 is 0 Å². The van der Waals surface area contributed by atoms with Crippen LogP contribution in [0, 0.1) is 5.82 Å². The lowest BCUT2D eigenvalue weighted by Gasteiger charge is -2.20. The first-order valence-corrected chi connectivity index (χ1v) is 8.37. The van der Waals surface area contributed by atoms with E-state index < -0.39 is 0 Å². The second kappa shape index (κ2) is 7.04. The zero-order valence-corrected chi connectivity index (χ0v) is 14.3. The number of halogens is 1. The van der Waals surface area contributed by atoms with Gasteiger partial charge in [0.2, 0.25) is 5.91 Å². The van der Waals surface area contributed by atoms with Crippen molar-refractivity contribution in [3.05, 3.63) is 47.5 Å². The summed E-state index contributed by atoms with van der Waals surface area (Å²) in [6, 6.07) is 6.01. The van der Waals surface area contributed by atoms with Crippen LogP contribution in [-0.4, -0.2) is 46.1 Å². The molecule has 0 radical (unpaired) electrons. The molecule has 25 heavy (non-hydrogen) atoms. The standard InChI is InChI=1S/C18H21FN4O2/c1-12(2)17-15(18(25)22-9-7-16(24)20-8-10-22)11-21-23(17)14-5-3-13(19)4-6-14/h3-6,11-12H,7-10H2,1-2H3,(H,20,24). The van der Waals surface area contributed by atoms with Crippen molar-refractivity contribution in [3.8, 4) is 5.69 Å². The SMILES string of the molecule is CC(C)c1c(C(=O)N2CCNC(=O)CC2)cnn1-c1ccc(F)cc1. The lowest BCUT2D eigenvalue weighted by atomic mass is 10.0. The number of benzene rings is 1. The monoisotopic (exact) mass is 344 g/mol. The molecule has 2 aromatic rings. The number of aromatic nitrogens is 2. The zero-order chi connectivity index (χ0) is 18.0. The molecule has 0 aliphatic carbocycles. The predicted molar refractivity (Wildman–Crippen MR) is 91.1 cm³/mol. The van der Waals surface area contributed by atoms with Crippen LogP contribution in [0.2, 0.25) is 0 Å². The molecule has 1 aliphatic rings. The third kappa shape index (κ3) is 3.55. The van der Waals surface area contributed by atoms with Crippen molar-refractivity contribution in [3.63, 3.8) is 0 Å². The molecule has 1 aliphatic heterocycles. The quantitative estimate of drug-likeness (QED) is 0.927. The average Bonchev–Trinajstić information content (AvgIpc) is 2.92. The van der Waals surface area contributed by atoms with Gasteiger partial charge in [0.05, 0.1) is 23.1 Å². The van der Waals surface area contributed by atoms with Crippen molar-refractivity contribution in [1.82, 2.24) is 20.0 Å². The Hall–Kier alpha value is -2.70. The van der Waals surface area contributed by atoms with Crippen molar-refractivity contribution in [1.29, 1.82) is 0 Å². The fourth-order valence-corrected chi connectivity index (χ4v) is 3.01. The lowest BCUT2D eigenvalue weighted by Crippen LogP contribution is -2.34. The first-order chi connectivity index (χ1) is 12.0. The molecule has 1 fully saturated rings. The Kier molecular flexibility index (Phi) is 4.83. The van der Waals surface area contributed by atoms with Crippen LogP contribution in [0.5, 0.6) is 0 Å². The van der Waals surface area contributed by atoms with Crippen LogP contribution < -0.4 is 5.32 Å². The number of hydrogen-bond acceptors (Lipinski definition) is 3. The molecule has 1 aromatic carbocycles. The molecule has 7 heteroatoms. The van der Waals surface area contributed by atoms with Crippen LogP contribution in [-0.2, 0) is 4.79 Å². The predicted octanol–water partition coefficient (Wildman–Crippen LogP) is 2.10. The van der Waals surface area contributed by atoms with Crippen LogP contribution in [0.25, 0.3) is 5.69 Å². The lowest BCUT2D eigenvalue weighted by molar-refractivity contribution is -0.120. The maximum Gasteiger partial charge on any atom is 0.257 e. The molecule has 0 spiro atoms. The molecule has 3 rings (SSSR count). The van der Waals surface area contributed by atoms with Crippen LogP contribution in [0.15, 0.2) is 30.5 Å². The van der Waals surface area contributed by atoms with E-state index in [9.17, 15) is 14.0 Å². The van der Waals surface area contributed by atoms with Gasteiger partial charge in [-0.1, -0.05) is 13.8 Å². The van der Waals surface area contributed by atoms with E-state index in [1.807, 2.05) is 13.8 Å². The molecular formula is C18H21FN4O2. The summed E-state index contributed by atoms with van der Waals surface area (Å²) in [6.45, 7) is 5.30. The van der Waals surface area contributed by atoms with E-state index >= 15 is 0 Å². The largest absolute Gasteiger partial charge is 0.354 e. The van der Waals surface area contributed by atoms with Gasteiger partial charge in [-0.15, -0.1) is 0 Å². The summed E-state index contributed by atoms with van der Waals surface area (Å²) in [5.74, 6) is -0.437. The Morgan fingerprint density at radius 3 is 2.64 bits per heavy atom. The van der Waals surface area contributed by atoms with Gasteiger partial charge in [0.15, 0.2) is 0 Å². The minimum absolute atomic E-state index is 0.0404. The molecule has 2 heterocycles. The van der Waals surface area contributed by atoms with Crippen molar-refractivity contribution < 1.29 is 14.0 Å². The maximum absolute atomic E-state index is 13.2. The molecule has 0 saturated carbocycles. The highest BCUT2D eigenvalue weighted by Crippen LogP contribution is 2.24. The molecule has 2 amide bonds. The Labute approximate surface area is 145 Å². The van der Waals surface area contributed by atoms with E-state index in [1.54, 1.807) is 27.9 Å². The number of carbonyl (C=O) groups excluding carboxylic acids is 2. The van der Waals surface area contributed by atoms with Gasteiger partial charge in [0.25, 0.3) is 5.91 Å². The third-order valence-electron chi connectivity index (χ3n) is 4.25. The van der Waals surface area contributed by atoms with E-state index in [0.29, 0.717) is 37.3 Å². The molecule has 132 valence electrons. The van der Waals surface area contributed by atoms with Gasteiger partial charge in [0.1, 0.15) is 5.82 Å². The number of nitrogens with zero attached hydrogens (tertiary/aromatic N) is 3. The summed E-state index contributed by atoms with van der Waals surface area (Å²) in [5.41, 5.74) is 2.01. The van der Waals surface area contributed by atoms with Crippen molar-refractivity contribution in [2.24, 2.45) is 0 Å². The number of rotatable bonds is 3. The summed E-state index contributed by atoms with van der Waals surface area (Å²) in [6.07, 6.45) is 1.86. The Bertz CT molecular complexity index is 783. The molecule has 1 aromatic heterocycles. The molecule has 1 N–H and O–H groups in total. The molecule has 0 atom stereocenters. The van der Waals surface area contributed by atoms with Crippen molar-refractivity contribution >= 4 is 11.8 Å². The average molecular weight is 344 g/mol. The van der Waals surface area contributed by atoms with Gasteiger partial charge in [-0.25, -0.2) is 9.07 Å². The smallest absolute Gasteiger partial charge is 0.257 e. The summed E-state index contributed by atoms with van der Waals surface area (Å²) in [7, 11) is 0. The van der Waals surface area contributed by atoms with Gasteiger partial charge in [0, 0.05) is 26.1 Å². The first kappa shape index (κ1) is 17.1. The Morgan fingerprint density at radius 1 is 1.24 bits per heavy atom. The minimum atomic E-state index is -0.319. The Balaban J connectivity index is 1.95. The number of nitrogens with one attached hydrogen (secondary N) is 1. The second-order valence-electron chi connectivity index (χ2n) is 6.38. The van der Waals surface area contributed by atoms with Crippen LogP contribution in [0.3, 0.4) is 0 Å². The van der Waals surface area contributed by atoms with E-state index in [1.165, 1.54) is 12.1 Å². The maximum atomic E-state index is 13.2. The van der Waals surface area contributed by atoms with E-state index in [4.69, 9.17) is 0 Å². The van der Waals surface area contributed by atoms with Gasteiger partial charge in [-0.05, 0) is 30.2 Å². The minimum Gasteiger partial charge on any atom is -0.354 e. The van der Waals surface area contributed by atoms with Gasteiger partial charge in [-0.2, -0.15) is 5.10 Å². The molecule has 1 saturated heterocycles. The molecular weight excluding hydrogens is 323 g/mol. The van der Waals surface area contributed by atoms with Crippen molar-refractivity contribution in [2.45, 2.75) is 26.2 Å². The van der Waals surface area contributed by atoms with E-state index in [-0.39, 0.29) is 23.5 Å². The Morgan fingerprint density at radius 2 is 1.96 bits per heavy atom. The van der Waals surface area contributed by atoms with Gasteiger partial charge < -0.3 is 10.2 Å². The summed E-state index contributed by atoms with van der Waals surface area (Å²) in [5, 5.41) is 7.12. The number of amides is 2. The normalized spacial score (nSPS) is 15.2. The molecule has 6 nitrogen and oxygen atoms in total. The fourth-order valence-electron chi connectivity index (χ4n) is 3.01. The second-order valence-corrected chi connectivity index (χ2v) is 6.38. The summed E-state index contributed by atoms with van der Waals surface area (Å²) >= 11 is 0.